The molecule has 11 nitrogen and oxygen atoms in total. The molecule has 5 N–H and O–H groups in total. The zero-order valence-corrected chi connectivity index (χ0v) is 28.4. The minimum Gasteiger partial charge on any atom is -0.497 e. The highest BCUT2D eigenvalue weighted by Gasteiger charge is 2.49. The van der Waals surface area contributed by atoms with Gasteiger partial charge in [-0.25, -0.2) is 19.4 Å². The molecule has 1 aliphatic heterocycles. The summed E-state index contributed by atoms with van der Waals surface area (Å²) >= 11 is 0. The first-order chi connectivity index (χ1) is 24.1. The lowest BCUT2D eigenvalue weighted by Crippen LogP contribution is -2.51. The van der Waals surface area contributed by atoms with Gasteiger partial charge in [0.1, 0.15) is 22.9 Å². The van der Waals surface area contributed by atoms with Crippen LogP contribution in [0.5, 0.6) is 5.75 Å². The molecule has 15 heteroatoms. The predicted octanol–water partition coefficient (Wildman–Crippen LogP) is 6.47. The molecule has 1 heterocycles. The average Bonchev–Trinajstić information content (AvgIpc) is 3.79. The first kappa shape index (κ1) is 37.0. The lowest BCUT2D eigenvalue weighted by atomic mass is 9.88. The molecule has 0 saturated heterocycles. The number of alkyl carbamates (subject to hydrolysis) is 2. The first-order valence-electron chi connectivity index (χ1n) is 16.1. The minimum atomic E-state index is -4.86. The van der Waals surface area contributed by atoms with E-state index in [0.717, 1.165) is 18.9 Å². The normalized spacial score (nSPS) is 17.8. The lowest BCUT2D eigenvalue weighted by Gasteiger charge is -2.28. The molecule has 51 heavy (non-hydrogen) atoms. The van der Waals surface area contributed by atoms with Gasteiger partial charge in [0.05, 0.1) is 12.8 Å². The highest BCUT2D eigenvalue weighted by Crippen LogP contribution is 2.37. The third-order valence-electron chi connectivity index (χ3n) is 8.05. The highest BCUT2D eigenvalue weighted by molar-refractivity contribution is 6.01. The number of alkyl halides is 3. The van der Waals surface area contributed by atoms with Crippen LogP contribution in [-0.2, 0) is 26.4 Å². The van der Waals surface area contributed by atoms with Crippen molar-refractivity contribution in [3.8, 4) is 5.75 Å². The molecule has 3 aromatic carbocycles. The summed E-state index contributed by atoms with van der Waals surface area (Å²) < 4.78 is 73.3. The van der Waals surface area contributed by atoms with Gasteiger partial charge in [-0.2, -0.15) is 13.2 Å². The van der Waals surface area contributed by atoms with E-state index in [1.165, 1.54) is 37.4 Å². The Morgan fingerprint density at radius 2 is 1.65 bits per heavy atom. The summed E-state index contributed by atoms with van der Waals surface area (Å²) in [6, 6.07) is 16.3. The first-order valence-corrected chi connectivity index (χ1v) is 16.1. The number of nitrogens with one attached hydrogen (secondary N) is 5. The average molecular weight is 714 g/mol. The molecule has 2 atom stereocenters. The molecule has 1 saturated carbocycles. The molecule has 272 valence electrons. The number of anilines is 1. The Bertz CT molecular complexity index is 1790. The van der Waals surface area contributed by atoms with E-state index >= 15 is 4.39 Å². The standard InChI is InChI=1S/C36H39F4N5O6/c1-34(2,3)51-33(48)42-20-22-6-5-7-25(16-22)35(18-29(44-45-35)36(38,39)40)31(46)43-28-17-24(12-15-27(28)37)30(23-10-13-26(49-4)14-11-23)50-32(47)41-19-21-8-9-21/h5-7,10-18,21,30,44-45H,8-9,19-20H2,1-4H3,(H,41,47)(H,42,48)(H,43,46). The van der Waals surface area contributed by atoms with Crippen LogP contribution in [-0.4, -0.2) is 43.5 Å². The Kier molecular flexibility index (Phi) is 10.8. The fraction of sp³-hybridized carbons (Fsp3) is 0.361. The van der Waals surface area contributed by atoms with Crippen LogP contribution in [0.2, 0.25) is 0 Å². The van der Waals surface area contributed by atoms with Crippen LogP contribution in [0.25, 0.3) is 0 Å². The van der Waals surface area contributed by atoms with Crippen LogP contribution in [0.3, 0.4) is 0 Å². The number of benzene rings is 3. The van der Waals surface area contributed by atoms with Gasteiger partial charge in [0.2, 0.25) is 0 Å². The summed E-state index contributed by atoms with van der Waals surface area (Å²) in [5.41, 5.74) is 1.17. The van der Waals surface area contributed by atoms with Gasteiger partial charge in [-0.3, -0.25) is 4.79 Å². The van der Waals surface area contributed by atoms with Crippen molar-refractivity contribution in [3.05, 3.63) is 107 Å². The highest BCUT2D eigenvalue weighted by atomic mass is 19.4. The number of carbonyl (C=O) groups is 3. The van der Waals surface area contributed by atoms with Gasteiger partial charge in [0.15, 0.2) is 11.6 Å². The van der Waals surface area contributed by atoms with Gasteiger partial charge < -0.3 is 35.6 Å². The van der Waals surface area contributed by atoms with E-state index in [0.29, 0.717) is 35.4 Å². The summed E-state index contributed by atoms with van der Waals surface area (Å²) in [6.07, 6.45) is -4.67. The number of carbonyl (C=O) groups excluding carboxylic acids is 3. The Labute approximate surface area is 292 Å². The molecule has 0 spiro atoms. The number of hydrogen-bond acceptors (Lipinski definition) is 8. The van der Waals surface area contributed by atoms with E-state index in [-0.39, 0.29) is 23.4 Å². The number of allylic oxidation sites excluding steroid dienone is 1. The molecule has 0 aromatic heterocycles. The number of methoxy groups -OCH3 is 1. The Morgan fingerprint density at radius 3 is 2.27 bits per heavy atom. The van der Waals surface area contributed by atoms with Gasteiger partial charge in [-0.1, -0.05) is 42.5 Å². The Balaban J connectivity index is 1.45. The number of hydrogen-bond donors (Lipinski definition) is 5. The van der Waals surface area contributed by atoms with E-state index in [1.54, 1.807) is 51.1 Å². The van der Waals surface area contributed by atoms with Crippen LogP contribution in [0, 0.1) is 11.7 Å². The fourth-order valence-electron chi connectivity index (χ4n) is 5.26. The van der Waals surface area contributed by atoms with E-state index < -0.39 is 53.0 Å². The summed E-state index contributed by atoms with van der Waals surface area (Å²) in [4.78, 5) is 39.1. The maximum absolute atomic E-state index is 15.4. The molecular weight excluding hydrogens is 674 g/mol. The van der Waals surface area contributed by atoms with Crippen LogP contribution in [0.1, 0.15) is 62.0 Å². The smallest absolute Gasteiger partial charge is 0.432 e. The fourth-order valence-corrected chi connectivity index (χ4v) is 5.26. The van der Waals surface area contributed by atoms with Crippen molar-refractivity contribution in [1.82, 2.24) is 21.5 Å². The molecule has 3 amide bonds. The Morgan fingerprint density at radius 1 is 0.941 bits per heavy atom. The van der Waals surface area contributed by atoms with Crippen molar-refractivity contribution in [3.63, 3.8) is 0 Å². The summed E-state index contributed by atoms with van der Waals surface area (Å²) in [6.45, 7) is 5.44. The van der Waals surface area contributed by atoms with Crippen molar-refractivity contribution in [2.75, 3.05) is 19.0 Å². The van der Waals surface area contributed by atoms with E-state index in [2.05, 4.69) is 21.4 Å². The quantitative estimate of drug-likeness (QED) is 0.143. The van der Waals surface area contributed by atoms with E-state index in [9.17, 15) is 27.6 Å². The number of halogens is 4. The second-order valence-corrected chi connectivity index (χ2v) is 13.2. The van der Waals surface area contributed by atoms with Crippen LogP contribution in [0.4, 0.5) is 32.8 Å². The molecule has 2 aliphatic rings. The molecule has 1 fully saturated rings. The summed E-state index contributed by atoms with van der Waals surface area (Å²) in [5.74, 6) is -1.03. The predicted molar refractivity (Wildman–Crippen MR) is 179 cm³/mol. The molecule has 1 aliphatic carbocycles. The molecular formula is C36H39F4N5O6. The number of hydrazine groups is 1. The van der Waals surface area contributed by atoms with Crippen molar-refractivity contribution in [1.29, 1.82) is 0 Å². The van der Waals surface area contributed by atoms with Crippen molar-refractivity contribution in [2.24, 2.45) is 5.92 Å². The second-order valence-electron chi connectivity index (χ2n) is 13.2. The molecule has 0 radical (unpaired) electrons. The maximum Gasteiger partial charge on any atom is 0.432 e. The van der Waals surface area contributed by atoms with Gasteiger partial charge >= 0.3 is 18.4 Å². The largest absolute Gasteiger partial charge is 0.497 e. The third-order valence-corrected chi connectivity index (χ3v) is 8.05. The SMILES string of the molecule is COc1ccc(C(OC(=O)NCC2CC2)c2ccc(F)c(NC(=O)C3(c4cccc(CNC(=O)OC(C)(C)C)c4)C=C(C(F)(F)F)NN3)c2)cc1. The van der Waals surface area contributed by atoms with Crippen molar-refractivity contribution < 1.29 is 46.2 Å². The maximum atomic E-state index is 15.4. The van der Waals surface area contributed by atoms with Crippen molar-refractivity contribution in [2.45, 2.75) is 63.6 Å². The molecule has 0 bridgehead atoms. The van der Waals surface area contributed by atoms with Crippen LogP contribution in [0.15, 0.2) is 78.5 Å². The zero-order valence-electron chi connectivity index (χ0n) is 28.4. The number of amides is 3. The second kappa shape index (κ2) is 14.9. The number of ether oxygens (including phenoxy) is 3. The molecule has 2 unspecified atom stereocenters. The van der Waals surface area contributed by atoms with Crippen molar-refractivity contribution >= 4 is 23.8 Å². The van der Waals surface area contributed by atoms with E-state index in [4.69, 9.17) is 14.2 Å². The van der Waals surface area contributed by atoms with Gasteiger partial charge in [-0.15, -0.1) is 0 Å². The zero-order chi connectivity index (χ0) is 37.0. The van der Waals surface area contributed by atoms with Crippen LogP contribution < -0.4 is 31.5 Å². The monoisotopic (exact) mass is 713 g/mol. The van der Waals surface area contributed by atoms with Gasteiger partial charge in [0.25, 0.3) is 5.91 Å². The summed E-state index contributed by atoms with van der Waals surface area (Å²) in [5, 5.41) is 7.73. The van der Waals surface area contributed by atoms with Crippen LogP contribution >= 0.6 is 0 Å². The van der Waals surface area contributed by atoms with E-state index in [1.807, 2.05) is 5.43 Å². The molecule has 3 aromatic rings. The van der Waals surface area contributed by atoms with Gasteiger partial charge in [0, 0.05) is 13.1 Å². The minimum absolute atomic E-state index is 0.0542. The molecule has 5 rings (SSSR count). The summed E-state index contributed by atoms with van der Waals surface area (Å²) in [7, 11) is 1.49. The van der Waals surface area contributed by atoms with Gasteiger partial charge in [-0.05, 0) is 92.1 Å². The number of rotatable bonds is 11. The third kappa shape index (κ3) is 9.48. The lowest BCUT2D eigenvalue weighted by molar-refractivity contribution is -0.121. The topological polar surface area (TPSA) is 139 Å². The Hall–Kier alpha value is -5.31.